The first-order chi connectivity index (χ1) is 3.63. The molecule has 9 heavy (non-hydrogen) atoms. The van der Waals surface area contributed by atoms with Gasteiger partial charge in [0, 0.05) is 0 Å². The molecule has 0 saturated heterocycles. The van der Waals surface area contributed by atoms with E-state index >= 15 is 0 Å². The summed E-state index contributed by atoms with van der Waals surface area (Å²) in [6.07, 6.45) is 2.56. The van der Waals surface area contributed by atoms with Gasteiger partial charge in [-0.1, -0.05) is 20.8 Å². The van der Waals surface area contributed by atoms with Crippen LogP contribution in [-0.4, -0.2) is 10.7 Å². The Labute approximate surface area is 63.6 Å². The van der Waals surface area contributed by atoms with Gasteiger partial charge in [0.05, 0.1) is 0 Å². The first kappa shape index (κ1) is 12.0. The lowest BCUT2D eigenvalue weighted by Gasteiger charge is -2.05. The van der Waals surface area contributed by atoms with E-state index < -0.39 is 0 Å². The van der Waals surface area contributed by atoms with Gasteiger partial charge in [0.15, 0.2) is 0 Å². The van der Waals surface area contributed by atoms with Crippen LogP contribution in [-0.2, 0) is 0 Å². The largest absolute Gasteiger partial charge is 0.412 e. The second kappa shape index (κ2) is 6.43. The van der Waals surface area contributed by atoms with Crippen molar-refractivity contribution < 1.29 is 5.48 Å². The zero-order valence-corrected chi connectivity index (χ0v) is 7.41. The summed E-state index contributed by atoms with van der Waals surface area (Å²) in [6.45, 7) is 6.64. The Bertz CT molecular complexity index is 44.9. The fourth-order valence-corrected chi connectivity index (χ4v) is 0.724. The lowest BCUT2D eigenvalue weighted by Crippen LogP contribution is -1.94. The average molecular weight is 150 g/mol. The van der Waals surface area contributed by atoms with Gasteiger partial charge >= 0.3 is 0 Å². The molecule has 0 radical (unpaired) electrons. The van der Waals surface area contributed by atoms with Gasteiger partial charge in [-0.05, 0) is 24.0 Å². The molecule has 0 aromatic rings. The van der Waals surface area contributed by atoms with Crippen molar-refractivity contribution >= 4 is 12.6 Å². The van der Waals surface area contributed by atoms with E-state index in [4.69, 9.17) is 0 Å². The van der Waals surface area contributed by atoms with E-state index in [-0.39, 0.29) is 5.48 Å². The lowest BCUT2D eigenvalue weighted by molar-refractivity contribution is 0.556. The van der Waals surface area contributed by atoms with Crippen LogP contribution in [0.2, 0.25) is 0 Å². The Kier molecular flexibility index (Phi) is 8.60. The predicted octanol–water partition coefficient (Wildman–Crippen LogP) is 1.92. The molecule has 1 unspecified atom stereocenters. The smallest absolute Gasteiger partial charge is 0.00115 e. The van der Waals surface area contributed by atoms with E-state index in [1.165, 1.54) is 12.8 Å². The maximum atomic E-state index is 4.27. The van der Waals surface area contributed by atoms with Crippen LogP contribution in [0, 0.1) is 5.92 Å². The quantitative estimate of drug-likeness (QED) is 0.596. The third kappa shape index (κ3) is 11.7. The van der Waals surface area contributed by atoms with Crippen LogP contribution in [0.5, 0.6) is 0 Å². The Hall–Kier alpha value is 0.310. The van der Waals surface area contributed by atoms with Crippen LogP contribution in [0.3, 0.4) is 0 Å². The monoisotopic (exact) mass is 150 g/mol. The van der Waals surface area contributed by atoms with Crippen LogP contribution < -0.4 is 0 Å². The number of thiol groups is 1. The first-order valence-electron chi connectivity index (χ1n) is 3.31. The van der Waals surface area contributed by atoms with Gasteiger partial charge in [0.1, 0.15) is 0 Å². The van der Waals surface area contributed by atoms with Gasteiger partial charge in [-0.15, -0.1) is 0 Å². The summed E-state index contributed by atoms with van der Waals surface area (Å²) < 4.78 is 0. The van der Waals surface area contributed by atoms with Gasteiger partial charge in [-0.25, -0.2) is 0 Å². The van der Waals surface area contributed by atoms with E-state index in [2.05, 4.69) is 33.4 Å². The molecule has 0 aliphatic carbocycles. The molecular weight excluding hydrogens is 132 g/mol. The van der Waals surface area contributed by atoms with Gasteiger partial charge in [0.2, 0.25) is 0 Å². The third-order valence-corrected chi connectivity index (χ3v) is 1.42. The van der Waals surface area contributed by atoms with Crippen molar-refractivity contribution in [2.75, 3.05) is 0 Å². The second-order valence-corrected chi connectivity index (χ2v) is 3.70. The zero-order valence-electron chi connectivity index (χ0n) is 6.52. The topological polar surface area (TPSA) is 31.5 Å². The number of hydrogen-bond acceptors (Lipinski definition) is 1. The van der Waals surface area contributed by atoms with Crippen LogP contribution >= 0.6 is 12.6 Å². The normalized spacial score (nSPS) is 13.0. The fraction of sp³-hybridized carbons (Fsp3) is 1.00. The average Bonchev–Trinajstić information content (AvgIpc) is 1.61. The Morgan fingerprint density at radius 3 is 1.67 bits per heavy atom. The van der Waals surface area contributed by atoms with Gasteiger partial charge in [0.25, 0.3) is 0 Å². The molecule has 2 heteroatoms. The summed E-state index contributed by atoms with van der Waals surface area (Å²) in [5.74, 6) is 0.838. The second-order valence-electron chi connectivity index (χ2n) is 2.82. The summed E-state index contributed by atoms with van der Waals surface area (Å²) >= 11 is 4.27. The van der Waals surface area contributed by atoms with Gasteiger partial charge < -0.3 is 5.48 Å². The highest BCUT2D eigenvalue weighted by molar-refractivity contribution is 7.80. The van der Waals surface area contributed by atoms with Gasteiger partial charge in [-0.3, -0.25) is 0 Å². The van der Waals surface area contributed by atoms with Crippen molar-refractivity contribution in [1.29, 1.82) is 0 Å². The van der Waals surface area contributed by atoms with E-state index in [0.717, 1.165) is 5.92 Å². The molecule has 0 aromatic heterocycles. The van der Waals surface area contributed by atoms with Gasteiger partial charge in [-0.2, -0.15) is 12.6 Å². The molecule has 0 spiro atoms. The molecule has 0 amide bonds. The Morgan fingerprint density at radius 2 is 1.56 bits per heavy atom. The standard InChI is InChI=1S/C7H16S.H2O/c1-6(2)4-5-7(3)8;/h6-8H,4-5H2,1-3H3;1H2. The minimum atomic E-state index is 0. The first-order valence-corrected chi connectivity index (χ1v) is 3.82. The summed E-state index contributed by atoms with van der Waals surface area (Å²) in [7, 11) is 0. The maximum Gasteiger partial charge on any atom is -0.00115 e. The minimum Gasteiger partial charge on any atom is -0.412 e. The van der Waals surface area contributed by atoms with Crippen LogP contribution in [0.4, 0.5) is 0 Å². The Balaban J connectivity index is 0. The van der Waals surface area contributed by atoms with Crippen LogP contribution in [0.25, 0.3) is 0 Å². The van der Waals surface area contributed by atoms with E-state index in [9.17, 15) is 0 Å². The van der Waals surface area contributed by atoms with Crippen molar-refractivity contribution in [3.8, 4) is 0 Å². The fourth-order valence-electron chi connectivity index (χ4n) is 0.575. The van der Waals surface area contributed by atoms with Crippen molar-refractivity contribution in [2.24, 2.45) is 5.92 Å². The number of rotatable bonds is 3. The summed E-state index contributed by atoms with van der Waals surface area (Å²) in [5.41, 5.74) is 0. The zero-order chi connectivity index (χ0) is 6.57. The lowest BCUT2D eigenvalue weighted by atomic mass is 10.1. The highest BCUT2D eigenvalue weighted by Crippen LogP contribution is 2.09. The SMILES string of the molecule is CC(C)CCC(C)S.O. The molecule has 0 aliphatic heterocycles. The van der Waals surface area contributed by atoms with Crippen LogP contribution in [0.15, 0.2) is 0 Å². The highest BCUT2D eigenvalue weighted by atomic mass is 32.1. The summed E-state index contributed by atoms with van der Waals surface area (Å²) in [4.78, 5) is 0. The van der Waals surface area contributed by atoms with E-state index in [1.54, 1.807) is 0 Å². The van der Waals surface area contributed by atoms with Crippen molar-refractivity contribution in [2.45, 2.75) is 38.9 Å². The molecule has 2 N–H and O–H groups in total. The van der Waals surface area contributed by atoms with Crippen molar-refractivity contribution in [1.82, 2.24) is 0 Å². The molecular formula is C7H18OS. The van der Waals surface area contributed by atoms with E-state index in [0.29, 0.717) is 5.25 Å². The summed E-state index contributed by atoms with van der Waals surface area (Å²) in [5, 5.41) is 0.581. The molecule has 1 atom stereocenters. The summed E-state index contributed by atoms with van der Waals surface area (Å²) in [6, 6.07) is 0. The maximum absolute atomic E-state index is 4.27. The molecule has 0 heterocycles. The molecule has 0 bridgehead atoms. The van der Waals surface area contributed by atoms with Crippen molar-refractivity contribution in [3.05, 3.63) is 0 Å². The molecule has 0 saturated carbocycles. The molecule has 58 valence electrons. The van der Waals surface area contributed by atoms with Crippen LogP contribution in [0.1, 0.15) is 33.6 Å². The molecule has 0 aromatic carbocycles. The minimum absolute atomic E-state index is 0. The molecule has 0 fully saturated rings. The van der Waals surface area contributed by atoms with Crippen molar-refractivity contribution in [3.63, 3.8) is 0 Å². The molecule has 1 nitrogen and oxygen atoms in total. The predicted molar refractivity (Wildman–Crippen MR) is 46.1 cm³/mol. The third-order valence-electron chi connectivity index (χ3n) is 1.16. The highest BCUT2D eigenvalue weighted by Gasteiger charge is 1.96. The molecule has 0 aliphatic rings. The Morgan fingerprint density at radius 1 is 1.11 bits per heavy atom. The molecule has 0 rings (SSSR count). The number of hydrogen-bond donors (Lipinski definition) is 1. The van der Waals surface area contributed by atoms with E-state index in [1.807, 2.05) is 0 Å².